The van der Waals surface area contributed by atoms with Crippen LogP contribution in [0.2, 0.25) is 5.02 Å². The fourth-order valence-corrected chi connectivity index (χ4v) is 5.77. The number of ether oxygens (including phenoxy) is 2. The van der Waals surface area contributed by atoms with Crippen LogP contribution in [0.25, 0.3) is 22.6 Å². The van der Waals surface area contributed by atoms with E-state index in [4.69, 9.17) is 31.0 Å². The van der Waals surface area contributed by atoms with Gasteiger partial charge in [-0.05, 0) is 49.6 Å². The van der Waals surface area contributed by atoms with Crippen molar-refractivity contribution in [3.8, 4) is 17.3 Å². The molecule has 0 unspecified atom stereocenters. The van der Waals surface area contributed by atoms with Gasteiger partial charge >= 0.3 is 0 Å². The fraction of sp³-hybridized carbons (Fsp3) is 0.367. The Morgan fingerprint density at radius 3 is 2.64 bits per heavy atom. The molecule has 0 spiro atoms. The number of hydrogen-bond acceptors (Lipinski definition) is 8. The summed E-state index contributed by atoms with van der Waals surface area (Å²) in [6.07, 6.45) is 0.525. The zero-order valence-corrected chi connectivity index (χ0v) is 24.8. The van der Waals surface area contributed by atoms with E-state index in [9.17, 15) is 17.6 Å². The van der Waals surface area contributed by atoms with E-state index in [-0.39, 0.29) is 29.1 Å². The average Bonchev–Trinajstić information content (AvgIpc) is 3.60. The molecule has 0 bridgehead atoms. The summed E-state index contributed by atoms with van der Waals surface area (Å²) in [5, 5.41) is 7.32. The molecule has 1 aromatic carbocycles. The number of aromatic nitrogens is 7. The van der Waals surface area contributed by atoms with Gasteiger partial charge in [0.25, 0.3) is 6.43 Å². The van der Waals surface area contributed by atoms with Gasteiger partial charge in [0.1, 0.15) is 29.6 Å². The van der Waals surface area contributed by atoms with Crippen molar-refractivity contribution in [1.82, 2.24) is 39.6 Å². The molecule has 45 heavy (non-hydrogen) atoms. The number of hydrogen-bond donors (Lipinski definition) is 1. The van der Waals surface area contributed by atoms with Crippen LogP contribution in [0.1, 0.15) is 46.9 Å². The van der Waals surface area contributed by atoms with Crippen LogP contribution < -0.4 is 4.74 Å². The predicted molar refractivity (Wildman–Crippen MR) is 155 cm³/mol. The molecule has 4 aromatic heterocycles. The molecule has 234 valence electrons. The van der Waals surface area contributed by atoms with Gasteiger partial charge in [0.05, 0.1) is 30.5 Å². The first-order chi connectivity index (χ1) is 21.7. The minimum Gasteiger partial charge on any atom is -0.472 e. The molecule has 1 atom stereocenters. The van der Waals surface area contributed by atoms with Crippen molar-refractivity contribution in [3.05, 3.63) is 81.2 Å². The number of imidazole rings is 1. The number of aryl methyl sites for hydroxylation is 1. The Labute approximate surface area is 259 Å². The number of pyridine rings is 2. The summed E-state index contributed by atoms with van der Waals surface area (Å²) in [4.78, 5) is 19.0. The van der Waals surface area contributed by atoms with Gasteiger partial charge in [-0.3, -0.25) is 4.90 Å². The molecule has 2 aliphatic rings. The average molecular weight is 643 g/mol. The van der Waals surface area contributed by atoms with Crippen molar-refractivity contribution >= 4 is 22.8 Å². The lowest BCUT2D eigenvalue weighted by molar-refractivity contribution is -0.0592. The van der Waals surface area contributed by atoms with Crippen molar-refractivity contribution in [2.24, 2.45) is 0 Å². The summed E-state index contributed by atoms with van der Waals surface area (Å²) in [6.45, 7) is 4.56. The van der Waals surface area contributed by atoms with Crippen molar-refractivity contribution in [3.63, 3.8) is 0 Å². The molecule has 0 amide bonds. The number of rotatable bonds is 9. The highest BCUT2D eigenvalue weighted by Gasteiger charge is 2.26. The first-order valence-corrected chi connectivity index (χ1v) is 14.8. The highest BCUT2D eigenvalue weighted by Crippen LogP contribution is 2.29. The molecule has 6 heterocycles. The van der Waals surface area contributed by atoms with Gasteiger partial charge in [-0.2, -0.15) is 0 Å². The molecule has 1 fully saturated rings. The quantitative estimate of drug-likeness (QED) is 0.204. The van der Waals surface area contributed by atoms with E-state index < -0.39 is 23.9 Å². The summed E-state index contributed by atoms with van der Waals surface area (Å²) in [5.74, 6) is -0.804. The summed E-state index contributed by atoms with van der Waals surface area (Å²) in [7, 11) is 0. The van der Waals surface area contributed by atoms with Crippen molar-refractivity contribution < 1.29 is 27.0 Å². The molecular formula is C30H27ClF4N8O2. The molecule has 10 nitrogen and oxygen atoms in total. The minimum atomic E-state index is -2.76. The molecule has 0 radical (unpaired) electrons. The summed E-state index contributed by atoms with van der Waals surface area (Å²) >= 11 is 5.74. The normalized spacial score (nSPS) is 16.7. The Bertz CT molecular complexity index is 1870. The fourth-order valence-electron chi connectivity index (χ4n) is 5.58. The topological polar surface area (TPSA) is 107 Å². The predicted octanol–water partition coefficient (Wildman–Crippen LogP) is 5.72. The van der Waals surface area contributed by atoms with E-state index in [1.54, 1.807) is 12.3 Å². The Hall–Kier alpha value is -4.14. The monoisotopic (exact) mass is 642 g/mol. The molecule has 2 aliphatic heterocycles. The molecule has 0 aliphatic carbocycles. The maximum absolute atomic E-state index is 14.3. The van der Waals surface area contributed by atoms with E-state index in [1.807, 2.05) is 17.6 Å². The second kappa shape index (κ2) is 12.0. The summed E-state index contributed by atoms with van der Waals surface area (Å²) in [5.41, 5.74) is 4.19. The number of H-pyrrole nitrogens is 1. The van der Waals surface area contributed by atoms with E-state index in [0.717, 1.165) is 54.2 Å². The number of nitrogens with one attached hydrogen (secondary N) is 1. The third kappa shape index (κ3) is 5.97. The molecular weight excluding hydrogens is 616 g/mol. The lowest BCUT2D eigenvalue weighted by Crippen LogP contribution is -2.34. The summed E-state index contributed by atoms with van der Waals surface area (Å²) < 4.78 is 68.2. The number of alkyl halides is 2. The maximum atomic E-state index is 14.3. The molecule has 15 heteroatoms. The minimum absolute atomic E-state index is 0.0276. The maximum Gasteiger partial charge on any atom is 0.297 e. The van der Waals surface area contributed by atoms with Crippen LogP contribution in [-0.2, 0) is 37.4 Å². The zero-order valence-electron chi connectivity index (χ0n) is 24.0. The lowest BCUT2D eigenvalue weighted by atomic mass is 10.0. The number of fused-ring (bicyclic) bond motifs is 2. The third-order valence-corrected chi connectivity index (χ3v) is 8.28. The summed E-state index contributed by atoms with van der Waals surface area (Å²) in [6, 6.07) is 5.85. The Morgan fingerprint density at radius 1 is 1.13 bits per heavy atom. The standard InChI is InChI=1S/C30H27ClF4N8O2/c1-15-6-16-2-4-42(12-24(16)38-30(15)45-14-20-21(32)8-18(31)9-22(20)33)13-25-37-23-7-17(27-39-28(26(34)35)41-40-27)10-36-29(23)43(25)11-19-3-5-44-19/h6-10,19,26H,2-5,11-14H2,1H3,(H,39,40,41)/t19-/m0/s1. The van der Waals surface area contributed by atoms with E-state index in [0.29, 0.717) is 48.8 Å². The van der Waals surface area contributed by atoms with E-state index in [2.05, 4.69) is 25.1 Å². The van der Waals surface area contributed by atoms with Gasteiger partial charge in [0.2, 0.25) is 5.88 Å². The van der Waals surface area contributed by atoms with Crippen LogP contribution in [0.5, 0.6) is 5.88 Å². The first-order valence-electron chi connectivity index (χ1n) is 14.4. The molecule has 0 saturated carbocycles. The van der Waals surface area contributed by atoms with E-state index >= 15 is 0 Å². The smallest absolute Gasteiger partial charge is 0.297 e. The number of halogens is 5. The lowest BCUT2D eigenvalue weighted by Gasteiger charge is -2.30. The largest absolute Gasteiger partial charge is 0.472 e. The van der Waals surface area contributed by atoms with Gasteiger partial charge in [-0.15, -0.1) is 10.2 Å². The third-order valence-electron chi connectivity index (χ3n) is 8.06. The highest BCUT2D eigenvalue weighted by atomic mass is 35.5. The number of nitrogens with zero attached hydrogens (tertiary/aromatic N) is 7. The number of benzene rings is 1. The van der Waals surface area contributed by atoms with Crippen LogP contribution >= 0.6 is 11.6 Å². The van der Waals surface area contributed by atoms with Gasteiger partial charge in [0.15, 0.2) is 17.3 Å². The van der Waals surface area contributed by atoms with Crippen molar-refractivity contribution in [2.45, 2.75) is 58.5 Å². The Balaban J connectivity index is 1.13. The molecule has 1 N–H and O–H groups in total. The SMILES string of the molecule is Cc1cc2c(nc1OCc1c(F)cc(Cl)cc1F)CN(Cc1nc3cc(-c4nnc(C(F)F)[nH]4)cnc3n1C[C@@H]1CCO1)CC2. The Morgan fingerprint density at radius 2 is 1.93 bits per heavy atom. The van der Waals surface area contributed by atoms with Crippen LogP contribution in [-0.4, -0.2) is 58.9 Å². The first kappa shape index (κ1) is 29.6. The van der Waals surface area contributed by atoms with Crippen molar-refractivity contribution in [1.29, 1.82) is 0 Å². The van der Waals surface area contributed by atoms with E-state index in [1.165, 1.54) is 0 Å². The van der Waals surface area contributed by atoms with Crippen LogP contribution in [0.15, 0.2) is 30.5 Å². The zero-order chi connectivity index (χ0) is 31.2. The molecule has 5 aromatic rings. The Kier molecular flexibility index (Phi) is 7.88. The molecule has 1 saturated heterocycles. The van der Waals surface area contributed by atoms with Gasteiger partial charge in [-0.1, -0.05) is 11.6 Å². The second-order valence-corrected chi connectivity index (χ2v) is 11.6. The van der Waals surface area contributed by atoms with Gasteiger partial charge in [-0.25, -0.2) is 32.5 Å². The molecule has 7 rings (SSSR count). The van der Waals surface area contributed by atoms with Gasteiger partial charge < -0.3 is 19.0 Å². The van der Waals surface area contributed by atoms with Gasteiger partial charge in [0, 0.05) is 42.0 Å². The van der Waals surface area contributed by atoms with Crippen molar-refractivity contribution in [2.75, 3.05) is 13.2 Å². The number of aromatic amines is 1. The highest BCUT2D eigenvalue weighted by molar-refractivity contribution is 6.30. The second-order valence-electron chi connectivity index (χ2n) is 11.2. The van der Waals surface area contributed by atoms with Crippen LogP contribution in [0, 0.1) is 18.6 Å². The van der Waals surface area contributed by atoms with Crippen LogP contribution in [0.3, 0.4) is 0 Å². The van der Waals surface area contributed by atoms with Crippen LogP contribution in [0.4, 0.5) is 17.6 Å².